The predicted octanol–water partition coefficient (Wildman–Crippen LogP) is 4.29. The van der Waals surface area contributed by atoms with Crippen LogP contribution in [0.4, 0.5) is 0 Å². The normalized spacial score (nSPS) is 6.56. The molecule has 98 valence electrons. The van der Waals surface area contributed by atoms with Crippen LogP contribution in [0.25, 0.3) is 0 Å². The molecule has 2 nitrogen and oxygen atoms in total. The van der Waals surface area contributed by atoms with Gasteiger partial charge >= 0.3 is 0 Å². The topological polar surface area (TPSA) is 20.3 Å². The maximum atomic E-state index is 9.44. The zero-order chi connectivity index (χ0) is 14.3. The first-order chi connectivity index (χ1) is 7.11. The summed E-state index contributed by atoms with van der Waals surface area (Å²) >= 11 is 0. The van der Waals surface area contributed by atoms with Crippen LogP contribution in [0.1, 0.15) is 48.5 Å². The van der Waals surface area contributed by atoms with Crippen LogP contribution in [0.15, 0.2) is 24.4 Å². The number of ketones is 1. The number of rotatable bonds is 1. The molecule has 16 heavy (non-hydrogen) atoms. The third kappa shape index (κ3) is 213. The van der Waals surface area contributed by atoms with Gasteiger partial charge in [0, 0.05) is 19.8 Å². The van der Waals surface area contributed by atoms with E-state index in [1.165, 1.54) is 19.4 Å². The number of carbonyl (C=O) groups is 1. The highest BCUT2D eigenvalue weighted by Gasteiger charge is 1.79. The van der Waals surface area contributed by atoms with Crippen LogP contribution in [0.5, 0.6) is 0 Å². The first-order valence-corrected chi connectivity index (χ1v) is 5.53. The van der Waals surface area contributed by atoms with Crippen molar-refractivity contribution in [3.63, 3.8) is 0 Å². The summed E-state index contributed by atoms with van der Waals surface area (Å²) in [6, 6.07) is 0. The third-order valence-electron chi connectivity index (χ3n) is 0.763. The highest BCUT2D eigenvalue weighted by Crippen LogP contribution is 1.86. The summed E-state index contributed by atoms with van der Waals surface area (Å²) < 4.78 is 0. The molecule has 0 spiro atoms. The van der Waals surface area contributed by atoms with Crippen LogP contribution in [-0.4, -0.2) is 24.8 Å². The molecular formula is C14H31NO. The fraction of sp³-hybridized carbons (Fsp3) is 0.643. The molecule has 2 heteroatoms. The van der Waals surface area contributed by atoms with E-state index in [0.29, 0.717) is 0 Å². The Bertz CT molecular complexity index is 161. The van der Waals surface area contributed by atoms with Gasteiger partial charge in [-0.25, -0.2) is 0 Å². The molecule has 0 heterocycles. The van der Waals surface area contributed by atoms with Crippen molar-refractivity contribution in [3.05, 3.63) is 24.4 Å². The zero-order valence-electron chi connectivity index (χ0n) is 12.8. The molecule has 0 saturated heterocycles. The minimum Gasteiger partial charge on any atom is -0.382 e. The predicted molar refractivity (Wildman–Crippen MR) is 76.7 cm³/mol. The van der Waals surface area contributed by atoms with E-state index in [1.807, 2.05) is 53.6 Å². The van der Waals surface area contributed by atoms with E-state index < -0.39 is 0 Å². The lowest BCUT2D eigenvalue weighted by atomic mass is 10.4. The lowest BCUT2D eigenvalue weighted by Crippen LogP contribution is -2.05. The van der Waals surface area contributed by atoms with Crippen LogP contribution in [0.3, 0.4) is 0 Å². The van der Waals surface area contributed by atoms with E-state index in [0.717, 1.165) is 5.70 Å². The molecule has 0 fully saturated rings. The summed E-state index contributed by atoms with van der Waals surface area (Å²) in [7, 11) is 3.95. The van der Waals surface area contributed by atoms with Gasteiger partial charge in [0.15, 0.2) is 0 Å². The second-order valence-electron chi connectivity index (χ2n) is 3.75. The number of hydrogen-bond donors (Lipinski definition) is 0. The second-order valence-corrected chi connectivity index (χ2v) is 3.75. The van der Waals surface area contributed by atoms with Crippen molar-refractivity contribution in [2.24, 2.45) is 0 Å². The summed E-state index contributed by atoms with van der Waals surface area (Å²) in [4.78, 5) is 11.4. The number of Topliss-reactive ketones (excluding diaryl/α,β-unsaturated/α-hetero) is 1. The van der Waals surface area contributed by atoms with Crippen molar-refractivity contribution in [3.8, 4) is 0 Å². The number of nitrogens with zero attached hydrogens (tertiary/aromatic N) is 1. The van der Waals surface area contributed by atoms with E-state index in [2.05, 4.69) is 13.2 Å². The van der Waals surface area contributed by atoms with Gasteiger partial charge in [-0.15, -0.1) is 6.58 Å². The van der Waals surface area contributed by atoms with Gasteiger partial charge in [-0.05, 0) is 34.6 Å². The minimum atomic E-state index is 0.167. The largest absolute Gasteiger partial charge is 0.382 e. The Kier molecular flexibility index (Phi) is 29.6. The van der Waals surface area contributed by atoms with Crippen molar-refractivity contribution < 1.29 is 4.79 Å². The molecule has 0 N–H and O–H groups in total. The molecule has 0 atom stereocenters. The molecule has 0 bridgehead atoms. The van der Waals surface area contributed by atoms with Gasteiger partial charge in [-0.3, -0.25) is 0 Å². The van der Waals surface area contributed by atoms with E-state index in [1.54, 1.807) is 0 Å². The molecule has 0 aromatic carbocycles. The van der Waals surface area contributed by atoms with Gasteiger partial charge in [0.05, 0.1) is 0 Å². The average Bonchev–Trinajstić information content (AvgIpc) is 2.05. The first kappa shape index (κ1) is 24.3. The molecule has 0 saturated carbocycles. The van der Waals surface area contributed by atoms with Gasteiger partial charge < -0.3 is 9.69 Å². The van der Waals surface area contributed by atoms with Crippen molar-refractivity contribution in [2.45, 2.75) is 48.5 Å². The van der Waals surface area contributed by atoms with Crippen LogP contribution in [-0.2, 0) is 4.79 Å². The average molecular weight is 229 g/mol. The standard InChI is InChI=1S/C5H11N.C4H8.C3H6O.C2H6/c1-5(2)6(3)4;1-4(2)3;1-3(2)4;1-2/h1H2,2-4H3;1H2,2-3H3;1-2H3;1-2H3. The van der Waals surface area contributed by atoms with Gasteiger partial charge in [0.2, 0.25) is 0 Å². The van der Waals surface area contributed by atoms with E-state index in [-0.39, 0.29) is 5.78 Å². The lowest BCUT2D eigenvalue weighted by Gasteiger charge is -2.08. The van der Waals surface area contributed by atoms with Crippen LogP contribution in [0, 0.1) is 0 Å². The molecule has 0 radical (unpaired) electrons. The molecule has 0 amide bonds. The fourth-order valence-electron chi connectivity index (χ4n) is 0. The summed E-state index contributed by atoms with van der Waals surface area (Å²) in [5.74, 6) is 0.167. The summed E-state index contributed by atoms with van der Waals surface area (Å²) in [6.45, 7) is 20.2. The Balaban J connectivity index is -0.0000000643. The summed E-state index contributed by atoms with van der Waals surface area (Å²) in [6.07, 6.45) is 0. The van der Waals surface area contributed by atoms with Crippen LogP contribution in [0.2, 0.25) is 0 Å². The van der Waals surface area contributed by atoms with Crippen molar-refractivity contribution >= 4 is 5.78 Å². The van der Waals surface area contributed by atoms with Crippen molar-refractivity contribution in [1.82, 2.24) is 4.90 Å². The number of hydrogen-bond acceptors (Lipinski definition) is 2. The molecule has 0 aliphatic rings. The quantitative estimate of drug-likeness (QED) is 0.625. The number of allylic oxidation sites excluding steroid dienone is 2. The molecule has 0 unspecified atom stereocenters. The fourth-order valence-corrected chi connectivity index (χ4v) is 0. The van der Waals surface area contributed by atoms with E-state index in [4.69, 9.17) is 0 Å². The van der Waals surface area contributed by atoms with E-state index >= 15 is 0 Å². The maximum Gasteiger partial charge on any atom is 0.126 e. The summed E-state index contributed by atoms with van der Waals surface area (Å²) in [5, 5.41) is 0. The van der Waals surface area contributed by atoms with E-state index in [9.17, 15) is 4.79 Å². The highest BCUT2D eigenvalue weighted by molar-refractivity contribution is 5.72. The Morgan fingerprint density at radius 2 is 0.938 bits per heavy atom. The van der Waals surface area contributed by atoms with Gasteiger partial charge in [0.1, 0.15) is 5.78 Å². The Morgan fingerprint density at radius 3 is 0.938 bits per heavy atom. The highest BCUT2D eigenvalue weighted by atomic mass is 16.1. The molecule has 0 aromatic heterocycles. The van der Waals surface area contributed by atoms with Crippen molar-refractivity contribution in [1.29, 1.82) is 0 Å². The molecule has 0 aliphatic carbocycles. The minimum absolute atomic E-state index is 0.167. The second kappa shape index (κ2) is 19.5. The maximum absolute atomic E-state index is 9.44. The Hall–Kier alpha value is -1.05. The number of carbonyl (C=O) groups excluding carboxylic acids is 1. The Labute approximate surface area is 103 Å². The molecule has 0 rings (SSSR count). The zero-order valence-corrected chi connectivity index (χ0v) is 12.8. The van der Waals surface area contributed by atoms with Crippen LogP contribution < -0.4 is 0 Å². The smallest absolute Gasteiger partial charge is 0.126 e. The lowest BCUT2D eigenvalue weighted by molar-refractivity contribution is -0.114. The molecular weight excluding hydrogens is 198 g/mol. The van der Waals surface area contributed by atoms with Crippen LogP contribution >= 0.6 is 0 Å². The van der Waals surface area contributed by atoms with Gasteiger partial charge in [-0.1, -0.05) is 26.0 Å². The first-order valence-electron chi connectivity index (χ1n) is 5.53. The van der Waals surface area contributed by atoms with Crippen molar-refractivity contribution in [2.75, 3.05) is 14.1 Å². The Morgan fingerprint density at radius 1 is 0.875 bits per heavy atom. The summed E-state index contributed by atoms with van der Waals surface area (Å²) in [5.41, 5.74) is 2.26. The monoisotopic (exact) mass is 229 g/mol. The third-order valence-corrected chi connectivity index (χ3v) is 0.763. The van der Waals surface area contributed by atoms with Gasteiger partial charge in [0.25, 0.3) is 0 Å². The molecule has 0 aromatic rings. The molecule has 0 aliphatic heterocycles. The SMILES string of the molecule is C=C(C)C.C=C(C)N(C)C.CC.CC(C)=O. The van der Waals surface area contributed by atoms with Gasteiger partial charge in [-0.2, -0.15) is 0 Å².